The molecule has 0 saturated carbocycles. The summed E-state index contributed by atoms with van der Waals surface area (Å²) in [5.41, 5.74) is 6.62. The van der Waals surface area contributed by atoms with Crippen LogP contribution in [0.1, 0.15) is 11.6 Å². The molecule has 7 heteroatoms. The van der Waals surface area contributed by atoms with Gasteiger partial charge in [-0.3, -0.25) is 9.78 Å². The Morgan fingerprint density at radius 1 is 1.08 bits per heavy atom. The zero-order valence-electron chi connectivity index (χ0n) is 13.4. The lowest BCUT2D eigenvalue weighted by atomic mass is 10.0. The number of pyridine rings is 1. The quantitative estimate of drug-likeness (QED) is 0.700. The van der Waals surface area contributed by atoms with Crippen LogP contribution in [-0.4, -0.2) is 10.9 Å². The second kappa shape index (κ2) is 7.49. The number of halogens is 3. The van der Waals surface area contributed by atoms with Crippen molar-refractivity contribution in [3.8, 4) is 11.1 Å². The van der Waals surface area contributed by atoms with E-state index in [-0.39, 0.29) is 11.1 Å². The fourth-order valence-electron chi connectivity index (χ4n) is 2.56. The number of nitrogens with one attached hydrogen (secondary N) is 1. The van der Waals surface area contributed by atoms with Gasteiger partial charge in [-0.2, -0.15) is 0 Å². The number of anilines is 1. The zero-order valence-corrected chi connectivity index (χ0v) is 14.2. The van der Waals surface area contributed by atoms with Gasteiger partial charge in [0.15, 0.2) is 0 Å². The van der Waals surface area contributed by atoms with E-state index in [1.807, 2.05) is 0 Å². The Hall–Kier alpha value is -2.99. The van der Waals surface area contributed by atoms with Crippen LogP contribution in [0, 0.1) is 11.6 Å². The Labute approximate surface area is 153 Å². The molecule has 0 aliphatic rings. The van der Waals surface area contributed by atoms with Crippen LogP contribution in [-0.2, 0) is 4.79 Å². The van der Waals surface area contributed by atoms with Gasteiger partial charge < -0.3 is 11.1 Å². The first-order valence-electron chi connectivity index (χ1n) is 7.66. The molecule has 0 fully saturated rings. The SMILES string of the molecule is NC(=O)C(Nc1cncc(-c2cc(Cl)ccc2F)c1)c1ccccc1F. The third-order valence-corrected chi connectivity index (χ3v) is 4.02. The van der Waals surface area contributed by atoms with Crippen LogP contribution in [0.4, 0.5) is 14.5 Å². The molecule has 3 rings (SSSR count). The summed E-state index contributed by atoms with van der Waals surface area (Å²) < 4.78 is 28.1. The van der Waals surface area contributed by atoms with Crippen molar-refractivity contribution in [2.24, 2.45) is 5.73 Å². The molecular weight excluding hydrogens is 360 g/mol. The van der Waals surface area contributed by atoms with Gasteiger partial charge in [-0.25, -0.2) is 8.78 Å². The number of nitrogens with zero attached hydrogens (tertiary/aromatic N) is 1. The molecule has 2 aromatic carbocycles. The summed E-state index contributed by atoms with van der Waals surface area (Å²) >= 11 is 5.92. The molecule has 0 radical (unpaired) electrons. The molecule has 0 aliphatic heterocycles. The maximum atomic E-state index is 14.1. The number of rotatable bonds is 5. The minimum Gasteiger partial charge on any atom is -0.369 e. The first-order chi connectivity index (χ1) is 12.5. The first kappa shape index (κ1) is 17.8. The number of carbonyl (C=O) groups is 1. The molecule has 4 nitrogen and oxygen atoms in total. The molecule has 26 heavy (non-hydrogen) atoms. The number of amides is 1. The molecule has 0 saturated heterocycles. The Kier molecular flexibility index (Phi) is 5.14. The second-order valence-corrected chi connectivity index (χ2v) is 6.02. The Morgan fingerprint density at radius 3 is 2.58 bits per heavy atom. The summed E-state index contributed by atoms with van der Waals surface area (Å²) in [6.45, 7) is 0. The molecule has 3 N–H and O–H groups in total. The smallest absolute Gasteiger partial charge is 0.244 e. The number of benzene rings is 2. The third kappa shape index (κ3) is 3.81. The fourth-order valence-corrected chi connectivity index (χ4v) is 2.74. The van der Waals surface area contributed by atoms with Crippen LogP contribution in [0.3, 0.4) is 0 Å². The van der Waals surface area contributed by atoms with Gasteiger partial charge in [-0.15, -0.1) is 0 Å². The number of hydrogen-bond donors (Lipinski definition) is 2. The summed E-state index contributed by atoms with van der Waals surface area (Å²) in [7, 11) is 0. The molecular formula is C19H14ClF2N3O. The predicted molar refractivity (Wildman–Crippen MR) is 96.6 cm³/mol. The van der Waals surface area contributed by atoms with Gasteiger partial charge in [-0.1, -0.05) is 29.8 Å². The minimum absolute atomic E-state index is 0.110. The van der Waals surface area contributed by atoms with E-state index in [4.69, 9.17) is 17.3 Å². The number of primary amides is 1. The summed E-state index contributed by atoms with van der Waals surface area (Å²) in [5, 5.41) is 3.22. The lowest BCUT2D eigenvalue weighted by Crippen LogP contribution is -2.28. The predicted octanol–water partition coefficient (Wildman–Crippen LogP) is 4.32. The zero-order chi connectivity index (χ0) is 18.7. The summed E-state index contributed by atoms with van der Waals surface area (Å²) in [5.74, 6) is -1.78. The van der Waals surface area contributed by atoms with E-state index in [0.29, 0.717) is 16.3 Å². The van der Waals surface area contributed by atoms with Crippen LogP contribution in [0.15, 0.2) is 60.9 Å². The molecule has 1 atom stereocenters. The van der Waals surface area contributed by atoms with E-state index in [1.165, 1.54) is 48.8 Å². The highest BCUT2D eigenvalue weighted by Crippen LogP contribution is 2.29. The van der Waals surface area contributed by atoms with Crippen LogP contribution in [0.25, 0.3) is 11.1 Å². The normalized spacial score (nSPS) is 11.8. The molecule has 0 aliphatic carbocycles. The summed E-state index contributed by atoms with van der Waals surface area (Å²) in [4.78, 5) is 15.8. The number of nitrogens with two attached hydrogens (primary N) is 1. The van der Waals surface area contributed by atoms with E-state index in [0.717, 1.165) is 0 Å². The van der Waals surface area contributed by atoms with E-state index in [9.17, 15) is 13.6 Å². The van der Waals surface area contributed by atoms with Crippen molar-refractivity contribution in [1.29, 1.82) is 0 Å². The van der Waals surface area contributed by atoms with Crippen molar-refractivity contribution < 1.29 is 13.6 Å². The summed E-state index contributed by atoms with van der Waals surface area (Å²) in [6.07, 6.45) is 2.89. The fraction of sp³-hybridized carbons (Fsp3) is 0.0526. The van der Waals surface area contributed by atoms with Crippen LogP contribution < -0.4 is 11.1 Å². The highest BCUT2D eigenvalue weighted by molar-refractivity contribution is 6.30. The largest absolute Gasteiger partial charge is 0.369 e. The Bertz CT molecular complexity index is 965. The number of hydrogen-bond acceptors (Lipinski definition) is 3. The van der Waals surface area contributed by atoms with Crippen molar-refractivity contribution in [1.82, 2.24) is 4.98 Å². The molecule has 132 valence electrons. The van der Waals surface area contributed by atoms with Crippen LogP contribution in [0.2, 0.25) is 5.02 Å². The minimum atomic E-state index is -1.10. The standard InChI is InChI=1S/C19H14ClF2N3O/c20-12-5-6-17(22)15(8-12)11-7-13(10-24-9-11)25-18(19(23)26)14-3-1-2-4-16(14)21/h1-10,18,25H,(H2,23,26). The number of carbonyl (C=O) groups excluding carboxylic acids is 1. The van der Waals surface area contributed by atoms with Crippen molar-refractivity contribution >= 4 is 23.2 Å². The lowest BCUT2D eigenvalue weighted by molar-refractivity contribution is -0.118. The van der Waals surface area contributed by atoms with E-state index < -0.39 is 23.6 Å². The third-order valence-electron chi connectivity index (χ3n) is 3.79. The monoisotopic (exact) mass is 373 g/mol. The van der Waals surface area contributed by atoms with Crippen LogP contribution in [0.5, 0.6) is 0 Å². The van der Waals surface area contributed by atoms with Crippen molar-refractivity contribution in [2.75, 3.05) is 5.32 Å². The van der Waals surface area contributed by atoms with Gasteiger partial charge in [0.05, 0.1) is 11.9 Å². The van der Waals surface area contributed by atoms with Crippen molar-refractivity contribution in [2.45, 2.75) is 6.04 Å². The lowest BCUT2D eigenvalue weighted by Gasteiger charge is -2.18. The molecule has 0 spiro atoms. The average Bonchev–Trinajstić information content (AvgIpc) is 2.62. The second-order valence-electron chi connectivity index (χ2n) is 5.59. The maximum Gasteiger partial charge on any atom is 0.244 e. The van der Waals surface area contributed by atoms with Gasteiger partial charge in [-0.05, 0) is 30.3 Å². The maximum absolute atomic E-state index is 14.1. The number of aromatic nitrogens is 1. The van der Waals surface area contributed by atoms with Gasteiger partial charge in [0.1, 0.15) is 17.7 Å². The molecule has 1 unspecified atom stereocenters. The average molecular weight is 374 g/mol. The Morgan fingerprint density at radius 2 is 1.85 bits per heavy atom. The molecule has 1 heterocycles. The van der Waals surface area contributed by atoms with Crippen molar-refractivity contribution in [3.63, 3.8) is 0 Å². The van der Waals surface area contributed by atoms with Crippen LogP contribution >= 0.6 is 11.6 Å². The first-order valence-corrected chi connectivity index (χ1v) is 8.04. The highest BCUT2D eigenvalue weighted by Gasteiger charge is 2.21. The van der Waals surface area contributed by atoms with E-state index in [2.05, 4.69) is 10.3 Å². The summed E-state index contributed by atoms with van der Waals surface area (Å²) in [6, 6.07) is 10.5. The van der Waals surface area contributed by atoms with Gasteiger partial charge >= 0.3 is 0 Å². The topological polar surface area (TPSA) is 68.0 Å². The van der Waals surface area contributed by atoms with E-state index in [1.54, 1.807) is 12.1 Å². The molecule has 1 amide bonds. The molecule has 3 aromatic rings. The Balaban J connectivity index is 1.96. The van der Waals surface area contributed by atoms with Gasteiger partial charge in [0.2, 0.25) is 5.91 Å². The van der Waals surface area contributed by atoms with Crippen molar-refractivity contribution in [3.05, 3.63) is 83.1 Å². The van der Waals surface area contributed by atoms with Gasteiger partial charge in [0, 0.05) is 27.9 Å². The molecule has 0 bridgehead atoms. The highest BCUT2D eigenvalue weighted by atomic mass is 35.5. The molecule has 1 aromatic heterocycles. The van der Waals surface area contributed by atoms with Gasteiger partial charge in [0.25, 0.3) is 0 Å². The van der Waals surface area contributed by atoms with E-state index >= 15 is 0 Å².